The number of allylic oxidation sites excluding steroid dienone is 1. The number of nitrogens with zero attached hydrogens (tertiary/aromatic N) is 3. The van der Waals surface area contributed by atoms with Crippen LogP contribution in [0.1, 0.15) is 23.4 Å². The molecular formula is C34H25N3. The molecule has 3 heteroatoms. The first-order valence-electron chi connectivity index (χ1n) is 12.7. The van der Waals surface area contributed by atoms with E-state index in [-0.39, 0.29) is 0 Å². The number of fused-ring (bicyclic) bond motifs is 2. The summed E-state index contributed by atoms with van der Waals surface area (Å²) in [5.41, 5.74) is 8.30. The molecule has 7 rings (SSSR count). The highest BCUT2D eigenvalue weighted by atomic mass is 15.4. The van der Waals surface area contributed by atoms with E-state index in [1.54, 1.807) is 0 Å². The van der Waals surface area contributed by atoms with Crippen molar-refractivity contribution in [2.75, 3.05) is 0 Å². The lowest BCUT2D eigenvalue weighted by Crippen LogP contribution is -2.06. The van der Waals surface area contributed by atoms with Crippen LogP contribution in [0.5, 0.6) is 0 Å². The van der Waals surface area contributed by atoms with Gasteiger partial charge in [-0.25, -0.2) is 9.67 Å². The van der Waals surface area contributed by atoms with E-state index in [4.69, 9.17) is 10.1 Å². The van der Waals surface area contributed by atoms with Crippen molar-refractivity contribution < 1.29 is 0 Å². The molecule has 0 saturated carbocycles. The molecule has 0 unspecified atom stereocenters. The summed E-state index contributed by atoms with van der Waals surface area (Å²) in [6.07, 6.45) is 4.23. The van der Waals surface area contributed by atoms with Crippen LogP contribution in [-0.4, -0.2) is 14.8 Å². The Hall–Kier alpha value is -4.76. The van der Waals surface area contributed by atoms with E-state index < -0.39 is 0 Å². The van der Waals surface area contributed by atoms with Crippen LogP contribution in [0.4, 0.5) is 0 Å². The number of hydrogen-bond donors (Lipinski definition) is 0. The van der Waals surface area contributed by atoms with Crippen molar-refractivity contribution in [1.29, 1.82) is 0 Å². The number of hydrogen-bond acceptors (Lipinski definition) is 2. The van der Waals surface area contributed by atoms with E-state index in [2.05, 4.69) is 109 Å². The van der Waals surface area contributed by atoms with Crippen LogP contribution in [0.3, 0.4) is 0 Å². The summed E-state index contributed by atoms with van der Waals surface area (Å²) >= 11 is 0. The second-order valence-electron chi connectivity index (χ2n) is 9.51. The Bertz CT molecular complexity index is 1760. The van der Waals surface area contributed by atoms with E-state index in [0.717, 1.165) is 35.7 Å². The molecular weight excluding hydrogens is 450 g/mol. The van der Waals surface area contributed by atoms with Gasteiger partial charge in [0, 0.05) is 5.56 Å². The molecule has 1 aromatic heterocycles. The number of rotatable bonds is 4. The van der Waals surface area contributed by atoms with E-state index in [1.807, 2.05) is 22.9 Å². The smallest absolute Gasteiger partial charge is 0.182 e. The van der Waals surface area contributed by atoms with Crippen LogP contribution in [-0.2, 0) is 6.42 Å². The molecule has 37 heavy (non-hydrogen) atoms. The van der Waals surface area contributed by atoms with Gasteiger partial charge in [-0.05, 0) is 75.7 Å². The monoisotopic (exact) mass is 475 g/mol. The third-order valence-electron chi connectivity index (χ3n) is 7.17. The van der Waals surface area contributed by atoms with E-state index >= 15 is 0 Å². The molecule has 1 aliphatic rings. The molecule has 0 N–H and O–H groups in total. The molecule has 0 amide bonds. The van der Waals surface area contributed by atoms with Crippen molar-refractivity contribution in [2.45, 2.75) is 12.8 Å². The minimum atomic E-state index is 0.740. The Morgan fingerprint density at radius 2 is 1.27 bits per heavy atom. The second kappa shape index (κ2) is 9.03. The Balaban J connectivity index is 1.28. The molecule has 0 aliphatic heterocycles. The lowest BCUT2D eigenvalue weighted by Gasteiger charge is -2.16. The van der Waals surface area contributed by atoms with Crippen molar-refractivity contribution in [3.05, 3.63) is 138 Å². The van der Waals surface area contributed by atoms with Gasteiger partial charge in [-0.3, -0.25) is 0 Å². The van der Waals surface area contributed by atoms with E-state index in [0.29, 0.717) is 0 Å². The van der Waals surface area contributed by atoms with Gasteiger partial charge in [0.15, 0.2) is 11.6 Å². The normalized spacial score (nSPS) is 12.8. The lowest BCUT2D eigenvalue weighted by atomic mass is 9.92. The lowest BCUT2D eigenvalue weighted by molar-refractivity contribution is 0.852. The highest BCUT2D eigenvalue weighted by Crippen LogP contribution is 2.32. The molecule has 5 aromatic carbocycles. The number of para-hydroxylation sites is 1. The zero-order valence-corrected chi connectivity index (χ0v) is 20.4. The number of benzene rings is 5. The largest absolute Gasteiger partial charge is 0.213 e. The predicted molar refractivity (Wildman–Crippen MR) is 152 cm³/mol. The van der Waals surface area contributed by atoms with Gasteiger partial charge in [-0.1, -0.05) is 103 Å². The van der Waals surface area contributed by atoms with Crippen molar-refractivity contribution in [2.24, 2.45) is 0 Å². The Kier molecular flexibility index (Phi) is 5.25. The minimum Gasteiger partial charge on any atom is -0.213 e. The van der Waals surface area contributed by atoms with Crippen molar-refractivity contribution in [3.63, 3.8) is 0 Å². The topological polar surface area (TPSA) is 30.7 Å². The van der Waals surface area contributed by atoms with Crippen LogP contribution >= 0.6 is 0 Å². The quantitative estimate of drug-likeness (QED) is 0.257. The Morgan fingerprint density at radius 3 is 2.14 bits per heavy atom. The first-order valence-corrected chi connectivity index (χ1v) is 12.7. The highest BCUT2D eigenvalue weighted by molar-refractivity contribution is 5.87. The van der Waals surface area contributed by atoms with Crippen LogP contribution < -0.4 is 0 Å². The summed E-state index contributed by atoms with van der Waals surface area (Å²) < 4.78 is 1.99. The fourth-order valence-electron chi connectivity index (χ4n) is 5.18. The van der Waals surface area contributed by atoms with E-state index in [9.17, 15) is 0 Å². The molecule has 0 radical (unpaired) electrons. The zero-order valence-electron chi connectivity index (χ0n) is 20.4. The predicted octanol–water partition coefficient (Wildman–Crippen LogP) is 8.24. The van der Waals surface area contributed by atoms with E-state index in [1.165, 1.54) is 38.6 Å². The Morgan fingerprint density at radius 1 is 0.568 bits per heavy atom. The van der Waals surface area contributed by atoms with Gasteiger partial charge in [0.05, 0.1) is 5.69 Å². The third kappa shape index (κ3) is 4.05. The van der Waals surface area contributed by atoms with Crippen LogP contribution in [0.25, 0.3) is 50.6 Å². The van der Waals surface area contributed by atoms with Gasteiger partial charge < -0.3 is 0 Å². The van der Waals surface area contributed by atoms with Gasteiger partial charge in [0.1, 0.15) is 0 Å². The summed E-state index contributed by atoms with van der Waals surface area (Å²) in [6, 6.07) is 42.6. The molecule has 0 fully saturated rings. The molecule has 3 nitrogen and oxygen atoms in total. The molecule has 1 aliphatic carbocycles. The summed E-state index contributed by atoms with van der Waals surface area (Å²) in [7, 11) is 0. The molecule has 6 aromatic rings. The first kappa shape index (κ1) is 21.5. The molecule has 1 heterocycles. The second-order valence-corrected chi connectivity index (χ2v) is 9.51. The molecule has 0 atom stereocenters. The summed E-state index contributed by atoms with van der Waals surface area (Å²) in [6.45, 7) is 0. The van der Waals surface area contributed by atoms with Crippen LogP contribution in [0, 0.1) is 0 Å². The maximum Gasteiger partial charge on any atom is 0.182 e. The standard InChI is InChI=1S/C34H25N3/c1-2-12-32(13-3-1)37-34(31-21-17-25-9-5-7-11-29(25)23-31)35-33(36-37)27-18-14-26(15-19-27)30-20-16-24-8-4-6-10-28(24)22-30/h1-16,18-20,22-23H,17,21H2. The number of aryl methyl sites for hydroxylation is 1. The average Bonchev–Trinajstić information content (AvgIpc) is 3.43. The van der Waals surface area contributed by atoms with Crippen LogP contribution in [0.2, 0.25) is 0 Å². The van der Waals surface area contributed by atoms with Gasteiger partial charge in [-0.15, -0.1) is 5.10 Å². The maximum absolute atomic E-state index is 5.08. The van der Waals surface area contributed by atoms with Gasteiger partial charge >= 0.3 is 0 Å². The molecule has 0 spiro atoms. The van der Waals surface area contributed by atoms with Crippen molar-refractivity contribution >= 4 is 22.4 Å². The van der Waals surface area contributed by atoms with Gasteiger partial charge in [-0.2, -0.15) is 0 Å². The van der Waals surface area contributed by atoms with Gasteiger partial charge in [0.2, 0.25) is 0 Å². The zero-order chi connectivity index (χ0) is 24.6. The average molecular weight is 476 g/mol. The van der Waals surface area contributed by atoms with Gasteiger partial charge in [0.25, 0.3) is 0 Å². The van der Waals surface area contributed by atoms with Crippen molar-refractivity contribution in [1.82, 2.24) is 14.8 Å². The maximum atomic E-state index is 5.08. The highest BCUT2D eigenvalue weighted by Gasteiger charge is 2.20. The summed E-state index contributed by atoms with van der Waals surface area (Å²) in [5.74, 6) is 1.65. The van der Waals surface area contributed by atoms with Crippen molar-refractivity contribution in [3.8, 4) is 28.2 Å². The third-order valence-corrected chi connectivity index (χ3v) is 7.17. The summed E-state index contributed by atoms with van der Waals surface area (Å²) in [4.78, 5) is 5.08. The SMILES string of the molecule is C1=C(c2nc(-c3ccc(-c4ccc5ccccc5c4)cc3)nn2-c2ccccc2)CCc2ccccc21. The molecule has 0 saturated heterocycles. The Labute approximate surface area is 216 Å². The summed E-state index contributed by atoms with van der Waals surface area (Å²) in [5, 5.41) is 7.49. The van der Waals surface area contributed by atoms with Crippen LogP contribution in [0.15, 0.2) is 121 Å². The first-order chi connectivity index (χ1) is 18.3. The molecule has 176 valence electrons. The molecule has 0 bridgehead atoms. The fourth-order valence-corrected chi connectivity index (χ4v) is 5.18. The minimum absolute atomic E-state index is 0.740. The fraction of sp³-hybridized carbons (Fsp3) is 0.0588. The number of aromatic nitrogens is 3.